The van der Waals surface area contributed by atoms with E-state index in [1.165, 1.54) is 11.8 Å². The van der Waals surface area contributed by atoms with Crippen LogP contribution in [0.25, 0.3) is 17.1 Å². The minimum atomic E-state index is -0.272. The van der Waals surface area contributed by atoms with Gasteiger partial charge in [0.05, 0.1) is 10.9 Å². The number of halogens is 1. The Morgan fingerprint density at radius 3 is 2.39 bits per heavy atom. The SMILES string of the molecule is CCNC(=O)C(C)Sc1nnc(-c2ccc(Br)cc2)n1-c1cc(C)cc(C)c1. The predicted octanol–water partition coefficient (Wildman–Crippen LogP) is 4.93. The van der Waals surface area contributed by atoms with Crippen LogP contribution in [0.5, 0.6) is 0 Å². The van der Waals surface area contributed by atoms with Crippen molar-refractivity contribution in [3.63, 3.8) is 0 Å². The number of amides is 1. The molecule has 146 valence electrons. The fourth-order valence-corrected chi connectivity index (χ4v) is 4.13. The lowest BCUT2D eigenvalue weighted by Gasteiger charge is -2.14. The standard InChI is InChI=1S/C21H23BrN4OS/c1-5-23-20(27)15(4)28-21-25-24-19(16-6-8-17(22)9-7-16)26(21)18-11-13(2)10-14(3)12-18/h6-12,15H,5H2,1-4H3,(H,23,27). The lowest BCUT2D eigenvalue weighted by Crippen LogP contribution is -2.30. The van der Waals surface area contributed by atoms with Crippen LogP contribution in [-0.2, 0) is 4.79 Å². The number of carbonyl (C=O) groups is 1. The Morgan fingerprint density at radius 1 is 1.14 bits per heavy atom. The Hall–Kier alpha value is -2.12. The first-order chi connectivity index (χ1) is 13.4. The zero-order chi connectivity index (χ0) is 20.3. The van der Waals surface area contributed by atoms with Gasteiger partial charge in [-0.3, -0.25) is 9.36 Å². The van der Waals surface area contributed by atoms with Gasteiger partial charge in [-0.25, -0.2) is 0 Å². The highest BCUT2D eigenvalue weighted by Crippen LogP contribution is 2.31. The molecule has 0 radical (unpaired) electrons. The van der Waals surface area contributed by atoms with E-state index in [1.807, 2.05) is 42.7 Å². The van der Waals surface area contributed by atoms with Gasteiger partial charge >= 0.3 is 0 Å². The summed E-state index contributed by atoms with van der Waals surface area (Å²) < 4.78 is 3.04. The highest BCUT2D eigenvalue weighted by Gasteiger charge is 2.21. The van der Waals surface area contributed by atoms with Crippen LogP contribution >= 0.6 is 27.7 Å². The normalized spacial score (nSPS) is 12.0. The molecule has 0 fully saturated rings. The van der Waals surface area contributed by atoms with Crippen LogP contribution < -0.4 is 5.32 Å². The summed E-state index contributed by atoms with van der Waals surface area (Å²) in [6, 6.07) is 14.3. The molecule has 2 aromatic carbocycles. The van der Waals surface area contributed by atoms with Gasteiger partial charge in [0.25, 0.3) is 0 Å². The maximum absolute atomic E-state index is 12.2. The van der Waals surface area contributed by atoms with E-state index in [2.05, 4.69) is 63.5 Å². The minimum Gasteiger partial charge on any atom is -0.355 e. The van der Waals surface area contributed by atoms with Crippen molar-refractivity contribution in [3.05, 3.63) is 58.1 Å². The van der Waals surface area contributed by atoms with E-state index >= 15 is 0 Å². The topological polar surface area (TPSA) is 59.8 Å². The van der Waals surface area contributed by atoms with E-state index in [0.29, 0.717) is 11.7 Å². The fraction of sp³-hybridized carbons (Fsp3) is 0.286. The Bertz CT molecular complexity index is 964. The van der Waals surface area contributed by atoms with Crippen molar-refractivity contribution in [2.75, 3.05) is 6.54 Å². The van der Waals surface area contributed by atoms with Crippen molar-refractivity contribution in [2.45, 2.75) is 38.1 Å². The molecule has 28 heavy (non-hydrogen) atoms. The monoisotopic (exact) mass is 458 g/mol. The first kappa shape index (κ1) is 20.6. The minimum absolute atomic E-state index is 0.00679. The molecule has 0 saturated carbocycles. The van der Waals surface area contributed by atoms with Crippen LogP contribution in [0.3, 0.4) is 0 Å². The summed E-state index contributed by atoms with van der Waals surface area (Å²) in [7, 11) is 0. The average molecular weight is 459 g/mol. The smallest absolute Gasteiger partial charge is 0.233 e. The van der Waals surface area contributed by atoms with E-state index in [9.17, 15) is 4.79 Å². The van der Waals surface area contributed by atoms with Crippen molar-refractivity contribution >= 4 is 33.6 Å². The third-order valence-electron chi connectivity index (χ3n) is 4.20. The average Bonchev–Trinajstić information content (AvgIpc) is 3.05. The van der Waals surface area contributed by atoms with E-state index in [-0.39, 0.29) is 11.2 Å². The Morgan fingerprint density at radius 2 is 1.79 bits per heavy atom. The van der Waals surface area contributed by atoms with Gasteiger partial charge in [0.2, 0.25) is 5.91 Å². The Kier molecular flexibility index (Phi) is 6.57. The third kappa shape index (κ3) is 4.64. The highest BCUT2D eigenvalue weighted by molar-refractivity contribution is 9.10. The molecule has 0 aliphatic rings. The molecule has 1 amide bonds. The van der Waals surface area contributed by atoms with Crippen LogP contribution in [0.15, 0.2) is 52.1 Å². The largest absolute Gasteiger partial charge is 0.355 e. The van der Waals surface area contributed by atoms with Crippen LogP contribution in [0.2, 0.25) is 0 Å². The summed E-state index contributed by atoms with van der Waals surface area (Å²) in [5.74, 6) is 0.746. The number of hydrogen-bond acceptors (Lipinski definition) is 4. The zero-order valence-corrected chi connectivity index (χ0v) is 18.8. The summed E-state index contributed by atoms with van der Waals surface area (Å²) in [5, 5.41) is 12.2. The number of aryl methyl sites for hydroxylation is 2. The van der Waals surface area contributed by atoms with Crippen molar-refractivity contribution in [3.8, 4) is 17.1 Å². The van der Waals surface area contributed by atoms with Crippen molar-refractivity contribution in [1.29, 1.82) is 0 Å². The number of hydrogen-bond donors (Lipinski definition) is 1. The molecular weight excluding hydrogens is 436 g/mol. The lowest BCUT2D eigenvalue weighted by molar-refractivity contribution is -0.120. The molecule has 7 heteroatoms. The molecule has 3 aromatic rings. The molecule has 5 nitrogen and oxygen atoms in total. The van der Waals surface area contributed by atoms with E-state index in [1.54, 1.807) is 0 Å². The van der Waals surface area contributed by atoms with Crippen molar-refractivity contribution < 1.29 is 4.79 Å². The van der Waals surface area contributed by atoms with Gasteiger partial charge < -0.3 is 5.32 Å². The number of nitrogens with zero attached hydrogens (tertiary/aromatic N) is 3. The van der Waals surface area contributed by atoms with Crippen LogP contribution in [0, 0.1) is 13.8 Å². The Labute approximate surface area is 178 Å². The molecule has 0 bridgehead atoms. The molecule has 0 aliphatic carbocycles. The summed E-state index contributed by atoms with van der Waals surface area (Å²) in [6.07, 6.45) is 0. The quantitative estimate of drug-likeness (QED) is 0.531. The molecule has 1 unspecified atom stereocenters. The second kappa shape index (κ2) is 8.92. The predicted molar refractivity (Wildman–Crippen MR) is 118 cm³/mol. The van der Waals surface area contributed by atoms with Crippen molar-refractivity contribution in [2.24, 2.45) is 0 Å². The molecule has 0 aliphatic heterocycles. The maximum Gasteiger partial charge on any atom is 0.233 e. The summed E-state index contributed by atoms with van der Waals surface area (Å²) >= 11 is 4.89. The van der Waals surface area contributed by atoms with Gasteiger partial charge in [-0.2, -0.15) is 0 Å². The molecule has 1 heterocycles. The Balaban J connectivity index is 2.10. The number of nitrogens with one attached hydrogen (secondary N) is 1. The van der Waals surface area contributed by atoms with Crippen molar-refractivity contribution in [1.82, 2.24) is 20.1 Å². The molecule has 1 N–H and O–H groups in total. The first-order valence-corrected chi connectivity index (χ1v) is 10.8. The van der Waals surface area contributed by atoms with Gasteiger partial charge in [0.1, 0.15) is 0 Å². The highest BCUT2D eigenvalue weighted by atomic mass is 79.9. The number of carbonyl (C=O) groups excluding carboxylic acids is 1. The van der Waals surface area contributed by atoms with E-state index in [0.717, 1.165) is 32.7 Å². The number of aromatic nitrogens is 3. The first-order valence-electron chi connectivity index (χ1n) is 9.13. The second-order valence-corrected chi connectivity index (χ2v) is 8.87. The zero-order valence-electron chi connectivity index (χ0n) is 16.4. The van der Waals surface area contributed by atoms with E-state index < -0.39 is 0 Å². The second-order valence-electron chi connectivity index (χ2n) is 6.65. The molecule has 1 aromatic heterocycles. The molecular formula is C21H23BrN4OS. The molecule has 3 rings (SSSR count). The van der Waals surface area contributed by atoms with Gasteiger partial charge in [0, 0.05) is 16.6 Å². The van der Waals surface area contributed by atoms with Crippen LogP contribution in [0.1, 0.15) is 25.0 Å². The number of benzene rings is 2. The molecule has 1 atom stereocenters. The maximum atomic E-state index is 12.2. The number of rotatable bonds is 6. The van der Waals surface area contributed by atoms with Gasteiger partial charge in [0.15, 0.2) is 11.0 Å². The third-order valence-corrected chi connectivity index (χ3v) is 5.77. The summed E-state index contributed by atoms with van der Waals surface area (Å²) in [6.45, 7) is 8.56. The lowest BCUT2D eigenvalue weighted by atomic mass is 10.1. The van der Waals surface area contributed by atoms with Gasteiger partial charge in [-0.15, -0.1) is 10.2 Å². The van der Waals surface area contributed by atoms with Gasteiger partial charge in [-0.1, -0.05) is 45.9 Å². The number of thioether (sulfide) groups is 1. The van der Waals surface area contributed by atoms with Gasteiger partial charge in [-0.05, 0) is 63.1 Å². The van der Waals surface area contributed by atoms with E-state index in [4.69, 9.17) is 0 Å². The molecule has 0 saturated heterocycles. The van der Waals surface area contributed by atoms with Crippen LogP contribution in [-0.4, -0.2) is 32.5 Å². The molecule has 0 spiro atoms. The summed E-state index contributed by atoms with van der Waals surface area (Å²) in [5.41, 5.74) is 4.29. The fourth-order valence-electron chi connectivity index (χ4n) is 2.97. The summed E-state index contributed by atoms with van der Waals surface area (Å²) in [4.78, 5) is 12.2. The van der Waals surface area contributed by atoms with Crippen LogP contribution in [0.4, 0.5) is 0 Å².